The fourth-order valence-corrected chi connectivity index (χ4v) is 1.38. The highest BCUT2D eigenvalue weighted by molar-refractivity contribution is 5.25. The lowest BCUT2D eigenvalue weighted by Gasteiger charge is -2.07. The zero-order chi connectivity index (χ0) is 14.2. The van der Waals surface area contributed by atoms with Gasteiger partial charge in [0.15, 0.2) is 5.82 Å². The molecule has 0 aliphatic heterocycles. The quantitative estimate of drug-likeness (QED) is 0.857. The highest BCUT2D eigenvalue weighted by Crippen LogP contribution is 2.29. The van der Waals surface area contributed by atoms with Crippen LogP contribution in [0, 0.1) is 11.6 Å². The van der Waals surface area contributed by atoms with Gasteiger partial charge in [-0.2, -0.15) is 18.2 Å². The van der Waals surface area contributed by atoms with E-state index in [-0.39, 0.29) is 5.56 Å². The van der Waals surface area contributed by atoms with Crippen LogP contribution in [0.15, 0.2) is 22.7 Å². The summed E-state index contributed by atoms with van der Waals surface area (Å²) < 4.78 is 66.6. The molecule has 102 valence electrons. The van der Waals surface area contributed by atoms with Gasteiger partial charge >= 0.3 is 12.1 Å². The predicted molar refractivity (Wildman–Crippen MR) is 51.7 cm³/mol. The molecule has 19 heavy (non-hydrogen) atoms. The van der Waals surface area contributed by atoms with Gasteiger partial charge in [-0.3, -0.25) is 0 Å². The third kappa shape index (κ3) is 2.87. The van der Waals surface area contributed by atoms with Crippen LogP contribution in [-0.4, -0.2) is 10.1 Å². The van der Waals surface area contributed by atoms with Crippen molar-refractivity contribution >= 4 is 0 Å². The standard InChI is InChI=1S/C10H6F5N3O/c11-5-1-4(2-6(12)3-5)7(16)8-17-9(19-18-8)10(13,14)15/h1-3,7H,16H2. The first-order valence-corrected chi connectivity index (χ1v) is 4.90. The van der Waals surface area contributed by atoms with E-state index in [0.717, 1.165) is 12.1 Å². The predicted octanol–water partition coefficient (Wildman–Crippen LogP) is 2.41. The highest BCUT2D eigenvalue weighted by atomic mass is 19.4. The number of alkyl halides is 3. The largest absolute Gasteiger partial charge is 0.471 e. The van der Waals surface area contributed by atoms with Crippen molar-refractivity contribution in [2.45, 2.75) is 12.2 Å². The molecule has 1 aromatic heterocycles. The molecule has 2 N–H and O–H groups in total. The average molecular weight is 279 g/mol. The molecule has 0 aliphatic carbocycles. The van der Waals surface area contributed by atoms with Crippen molar-refractivity contribution in [2.24, 2.45) is 5.73 Å². The van der Waals surface area contributed by atoms with Crippen molar-refractivity contribution < 1.29 is 26.5 Å². The van der Waals surface area contributed by atoms with E-state index < -0.39 is 35.6 Å². The van der Waals surface area contributed by atoms with Crippen LogP contribution in [0.4, 0.5) is 22.0 Å². The average Bonchev–Trinajstić information content (AvgIpc) is 2.75. The molecule has 0 amide bonds. The van der Waals surface area contributed by atoms with Crippen molar-refractivity contribution in [3.63, 3.8) is 0 Å². The molecule has 0 aliphatic rings. The molecule has 0 spiro atoms. The lowest BCUT2D eigenvalue weighted by atomic mass is 10.1. The topological polar surface area (TPSA) is 64.9 Å². The number of aromatic nitrogens is 2. The summed E-state index contributed by atoms with van der Waals surface area (Å²) in [5.41, 5.74) is 5.42. The van der Waals surface area contributed by atoms with Crippen molar-refractivity contribution in [2.75, 3.05) is 0 Å². The molecule has 0 bridgehead atoms. The normalized spacial score (nSPS) is 13.6. The van der Waals surface area contributed by atoms with Gasteiger partial charge in [0, 0.05) is 6.07 Å². The summed E-state index contributed by atoms with van der Waals surface area (Å²) in [6.07, 6.45) is -4.81. The minimum absolute atomic E-state index is 0.105. The summed E-state index contributed by atoms with van der Waals surface area (Å²) in [7, 11) is 0. The molecule has 4 nitrogen and oxygen atoms in total. The van der Waals surface area contributed by atoms with E-state index in [9.17, 15) is 22.0 Å². The first-order valence-electron chi connectivity index (χ1n) is 4.90. The smallest absolute Gasteiger partial charge is 0.329 e. The van der Waals surface area contributed by atoms with E-state index in [4.69, 9.17) is 5.73 Å². The molecule has 2 aromatic rings. The summed E-state index contributed by atoms with van der Waals surface area (Å²) in [6, 6.07) is 1.02. The number of halogens is 5. The Morgan fingerprint density at radius 3 is 2.16 bits per heavy atom. The Hall–Kier alpha value is -2.03. The second kappa shape index (κ2) is 4.57. The van der Waals surface area contributed by atoms with Crippen molar-refractivity contribution in [3.8, 4) is 0 Å². The lowest BCUT2D eigenvalue weighted by Crippen LogP contribution is -2.15. The molecule has 0 saturated carbocycles. The number of hydrogen-bond acceptors (Lipinski definition) is 4. The molecule has 1 atom stereocenters. The van der Waals surface area contributed by atoms with Crippen LogP contribution >= 0.6 is 0 Å². The molecule has 1 unspecified atom stereocenters. The minimum Gasteiger partial charge on any atom is -0.329 e. The van der Waals surface area contributed by atoms with Crippen molar-refractivity contribution in [1.82, 2.24) is 10.1 Å². The summed E-state index contributed by atoms with van der Waals surface area (Å²) in [5.74, 6) is -3.91. The number of hydrogen-bond donors (Lipinski definition) is 1. The van der Waals surface area contributed by atoms with Gasteiger partial charge in [0.25, 0.3) is 0 Å². The van der Waals surface area contributed by atoms with E-state index in [1.807, 2.05) is 0 Å². The minimum atomic E-state index is -4.81. The van der Waals surface area contributed by atoms with E-state index >= 15 is 0 Å². The molecule has 1 heterocycles. The fourth-order valence-electron chi connectivity index (χ4n) is 1.38. The summed E-state index contributed by atoms with van der Waals surface area (Å²) in [4.78, 5) is 3.04. The fraction of sp³-hybridized carbons (Fsp3) is 0.200. The van der Waals surface area contributed by atoms with E-state index in [0.29, 0.717) is 6.07 Å². The maximum absolute atomic E-state index is 13.0. The van der Waals surface area contributed by atoms with Gasteiger partial charge in [0.1, 0.15) is 11.6 Å². The van der Waals surface area contributed by atoms with Crippen molar-refractivity contribution in [1.29, 1.82) is 0 Å². The first-order chi connectivity index (χ1) is 8.77. The first kappa shape index (κ1) is 13.4. The van der Waals surface area contributed by atoms with Gasteiger partial charge in [-0.05, 0) is 17.7 Å². The van der Waals surface area contributed by atoms with E-state index in [1.165, 1.54) is 0 Å². The maximum atomic E-state index is 13.0. The van der Waals surface area contributed by atoms with Gasteiger partial charge in [0.2, 0.25) is 0 Å². The van der Waals surface area contributed by atoms with Crippen LogP contribution in [0.1, 0.15) is 23.3 Å². The zero-order valence-electron chi connectivity index (χ0n) is 9.08. The Morgan fingerprint density at radius 1 is 1.11 bits per heavy atom. The summed E-state index contributed by atoms with van der Waals surface area (Å²) >= 11 is 0. The lowest BCUT2D eigenvalue weighted by molar-refractivity contribution is -0.159. The van der Waals surface area contributed by atoms with Crippen molar-refractivity contribution in [3.05, 3.63) is 47.1 Å². The SMILES string of the molecule is NC(c1cc(F)cc(F)c1)c1noc(C(F)(F)F)n1. The molecule has 9 heteroatoms. The van der Waals surface area contributed by atoms with Crippen LogP contribution in [0.3, 0.4) is 0 Å². The Balaban J connectivity index is 2.33. The molecule has 0 fully saturated rings. The van der Waals surface area contributed by atoms with Crippen LogP contribution in [-0.2, 0) is 6.18 Å². The van der Waals surface area contributed by atoms with E-state index in [1.54, 1.807) is 0 Å². The molecular weight excluding hydrogens is 273 g/mol. The molecule has 1 aromatic carbocycles. The summed E-state index contributed by atoms with van der Waals surface area (Å²) in [6.45, 7) is 0. The second-order valence-corrected chi connectivity index (χ2v) is 3.64. The molecule has 0 radical (unpaired) electrons. The van der Waals surface area contributed by atoms with Gasteiger partial charge in [0.05, 0.1) is 6.04 Å². The summed E-state index contributed by atoms with van der Waals surface area (Å²) in [5, 5.41) is 3.04. The van der Waals surface area contributed by atoms with Gasteiger partial charge < -0.3 is 10.3 Å². The van der Waals surface area contributed by atoms with Crippen LogP contribution < -0.4 is 5.73 Å². The van der Waals surface area contributed by atoms with Crippen LogP contribution in [0.2, 0.25) is 0 Å². The Labute approximate surface area is 103 Å². The maximum Gasteiger partial charge on any atom is 0.471 e. The third-order valence-corrected chi connectivity index (χ3v) is 2.21. The number of nitrogens with zero attached hydrogens (tertiary/aromatic N) is 2. The third-order valence-electron chi connectivity index (χ3n) is 2.21. The number of nitrogens with two attached hydrogens (primary N) is 1. The zero-order valence-corrected chi connectivity index (χ0v) is 9.08. The highest BCUT2D eigenvalue weighted by Gasteiger charge is 2.39. The van der Waals surface area contributed by atoms with Crippen LogP contribution in [0.25, 0.3) is 0 Å². The van der Waals surface area contributed by atoms with Gasteiger partial charge in [-0.25, -0.2) is 8.78 Å². The molecule has 2 rings (SSSR count). The van der Waals surface area contributed by atoms with Crippen LogP contribution in [0.5, 0.6) is 0 Å². The Kier molecular flexibility index (Phi) is 3.23. The second-order valence-electron chi connectivity index (χ2n) is 3.64. The monoisotopic (exact) mass is 279 g/mol. The van der Waals surface area contributed by atoms with Gasteiger partial charge in [-0.15, -0.1) is 0 Å². The Bertz CT molecular complexity index is 575. The molecule has 0 saturated heterocycles. The van der Waals surface area contributed by atoms with E-state index in [2.05, 4.69) is 14.7 Å². The number of rotatable bonds is 2. The number of benzene rings is 1. The Morgan fingerprint density at radius 2 is 1.68 bits per heavy atom. The molecular formula is C10H6F5N3O. The van der Waals surface area contributed by atoms with Gasteiger partial charge in [-0.1, -0.05) is 5.16 Å².